The van der Waals surface area contributed by atoms with E-state index in [2.05, 4.69) is 20.6 Å². The van der Waals surface area contributed by atoms with Crippen molar-refractivity contribution in [3.05, 3.63) is 54.0 Å². The quantitative estimate of drug-likeness (QED) is 0.345. The Morgan fingerprint density at radius 3 is 2.32 bits per heavy atom. The Labute approximate surface area is 253 Å². The predicted molar refractivity (Wildman–Crippen MR) is 160 cm³/mol. The van der Waals surface area contributed by atoms with Crippen molar-refractivity contribution >= 4 is 40.8 Å². The minimum atomic E-state index is -0.714. The molecule has 0 bridgehead atoms. The molecule has 0 aliphatic carbocycles. The molecular weight excluding hydrogens is 575 g/mol. The molecule has 2 saturated heterocycles. The molecule has 2 aliphatic heterocycles. The summed E-state index contributed by atoms with van der Waals surface area (Å²) < 4.78 is 37.1. The van der Waals surface area contributed by atoms with Crippen molar-refractivity contribution in [3.63, 3.8) is 0 Å². The van der Waals surface area contributed by atoms with E-state index in [9.17, 15) is 14.4 Å². The minimum Gasteiger partial charge on any atom is -0.488 e. The lowest BCUT2D eigenvalue weighted by atomic mass is 10.1. The highest BCUT2D eigenvalue weighted by Gasteiger charge is 2.28. The number of hydrogen-bond acceptors (Lipinski definition) is 10. The molecule has 2 fully saturated rings. The average molecular weight is 609 g/mol. The topological polar surface area (TPSA) is 144 Å². The van der Waals surface area contributed by atoms with Crippen LogP contribution in [0.1, 0.15) is 24.3 Å². The third-order valence-electron chi connectivity index (χ3n) is 6.81. The van der Waals surface area contributed by atoms with Gasteiger partial charge in [-0.15, -0.1) is 0 Å². The normalized spacial score (nSPS) is 15.1. The summed E-state index contributed by atoms with van der Waals surface area (Å²) in [5.74, 6) is -1.09. The molecule has 14 heteroatoms. The van der Waals surface area contributed by atoms with E-state index in [0.717, 1.165) is 6.07 Å². The number of aromatic nitrogens is 2. The second-order valence-electron chi connectivity index (χ2n) is 9.72. The maximum Gasteiger partial charge on any atom is 0.361 e. The molecule has 5 rings (SSSR count). The lowest BCUT2D eigenvalue weighted by Crippen LogP contribution is -2.41. The van der Waals surface area contributed by atoms with Gasteiger partial charge in [0.05, 0.1) is 38.6 Å². The highest BCUT2D eigenvalue weighted by atomic mass is 19.1. The zero-order chi connectivity index (χ0) is 31.1. The Balaban J connectivity index is 1.35. The van der Waals surface area contributed by atoms with E-state index in [1.165, 1.54) is 12.1 Å². The fourth-order valence-electron chi connectivity index (χ4n) is 4.75. The molecular formula is C30H33FN6O7. The van der Waals surface area contributed by atoms with E-state index >= 15 is 4.39 Å². The molecule has 0 radical (unpaired) electrons. The molecule has 3 amide bonds. The van der Waals surface area contributed by atoms with Gasteiger partial charge in [0.25, 0.3) is 5.91 Å². The van der Waals surface area contributed by atoms with Crippen molar-refractivity contribution in [1.82, 2.24) is 9.97 Å². The van der Waals surface area contributed by atoms with E-state index in [0.29, 0.717) is 56.6 Å². The van der Waals surface area contributed by atoms with E-state index in [4.69, 9.17) is 18.9 Å². The lowest BCUT2D eigenvalue weighted by molar-refractivity contribution is -0.125. The summed E-state index contributed by atoms with van der Waals surface area (Å²) in [5.41, 5.74) is 1.28. The summed E-state index contributed by atoms with van der Waals surface area (Å²) >= 11 is 0. The van der Waals surface area contributed by atoms with Crippen LogP contribution < -0.4 is 25.2 Å². The Morgan fingerprint density at radius 1 is 0.932 bits per heavy atom. The van der Waals surface area contributed by atoms with Crippen molar-refractivity contribution < 1.29 is 37.7 Å². The molecule has 0 unspecified atom stereocenters. The maximum atomic E-state index is 15.5. The SMILES string of the molecule is CCOC(=O)c1nc(-c2ccc(NC(=O)Nc3ccc(N4CCOCC4=O)cc3)cc2F)nc(N2CCOCC2)c1OCC. The van der Waals surface area contributed by atoms with Crippen LogP contribution in [0.4, 0.5) is 32.1 Å². The Morgan fingerprint density at radius 2 is 1.64 bits per heavy atom. The molecule has 0 saturated carbocycles. The molecule has 3 heterocycles. The van der Waals surface area contributed by atoms with Gasteiger partial charge in [-0.2, -0.15) is 0 Å². The zero-order valence-electron chi connectivity index (χ0n) is 24.4. The minimum absolute atomic E-state index is 0.0207. The summed E-state index contributed by atoms with van der Waals surface area (Å²) in [5, 5.41) is 5.29. The van der Waals surface area contributed by atoms with E-state index in [1.54, 1.807) is 43.0 Å². The highest BCUT2D eigenvalue weighted by Crippen LogP contribution is 2.34. The molecule has 3 aromatic rings. The standard InChI is InChI=1S/C30H33FN6O7/c1-3-43-26-25(29(39)44-4-2)34-27(35-28(26)36-11-14-41-15-12-36)22-10-7-20(17-23(22)31)33-30(40)32-19-5-8-21(9-6-19)37-13-16-42-18-24(37)38/h5-10,17H,3-4,11-16,18H2,1-2H3,(H2,32,33,40). The van der Waals surface area contributed by atoms with Crippen LogP contribution in [0.15, 0.2) is 42.5 Å². The number of nitrogens with zero attached hydrogens (tertiary/aromatic N) is 4. The number of esters is 1. The van der Waals surface area contributed by atoms with Gasteiger partial charge in [-0.05, 0) is 56.3 Å². The van der Waals surface area contributed by atoms with Crippen LogP contribution in [0.2, 0.25) is 0 Å². The first-order chi connectivity index (χ1) is 21.4. The summed E-state index contributed by atoms with van der Waals surface area (Å²) in [6.45, 7) is 6.65. The van der Waals surface area contributed by atoms with Gasteiger partial charge in [-0.25, -0.2) is 23.9 Å². The molecule has 2 aromatic carbocycles. The van der Waals surface area contributed by atoms with Gasteiger partial charge < -0.3 is 39.4 Å². The van der Waals surface area contributed by atoms with Crippen molar-refractivity contribution in [2.75, 3.05) is 79.7 Å². The molecule has 44 heavy (non-hydrogen) atoms. The van der Waals surface area contributed by atoms with Crippen LogP contribution in [0.5, 0.6) is 5.75 Å². The van der Waals surface area contributed by atoms with Crippen LogP contribution in [-0.2, 0) is 19.0 Å². The summed E-state index contributed by atoms with van der Waals surface area (Å²) in [7, 11) is 0. The van der Waals surface area contributed by atoms with E-state index in [1.807, 2.05) is 4.90 Å². The van der Waals surface area contributed by atoms with Gasteiger partial charge in [-0.3, -0.25) is 4.79 Å². The second kappa shape index (κ2) is 14.1. The largest absolute Gasteiger partial charge is 0.488 e. The van der Waals surface area contributed by atoms with Crippen LogP contribution in [0.3, 0.4) is 0 Å². The Hall–Kier alpha value is -4.82. The van der Waals surface area contributed by atoms with Crippen molar-refractivity contribution in [3.8, 4) is 17.1 Å². The van der Waals surface area contributed by atoms with Gasteiger partial charge in [0, 0.05) is 36.7 Å². The van der Waals surface area contributed by atoms with Gasteiger partial charge in [0.1, 0.15) is 12.4 Å². The predicted octanol–water partition coefficient (Wildman–Crippen LogP) is 3.70. The number of urea groups is 1. The number of amides is 3. The molecule has 0 spiro atoms. The second-order valence-corrected chi connectivity index (χ2v) is 9.72. The van der Waals surface area contributed by atoms with Crippen LogP contribution in [0.25, 0.3) is 11.4 Å². The molecule has 232 valence electrons. The van der Waals surface area contributed by atoms with Gasteiger partial charge in [-0.1, -0.05) is 0 Å². The molecule has 0 atom stereocenters. The molecule has 13 nitrogen and oxygen atoms in total. The zero-order valence-corrected chi connectivity index (χ0v) is 24.4. The fourth-order valence-corrected chi connectivity index (χ4v) is 4.75. The number of benzene rings is 2. The Bertz CT molecular complexity index is 1510. The average Bonchev–Trinajstić information content (AvgIpc) is 3.02. The number of carbonyl (C=O) groups excluding carboxylic acids is 3. The number of nitrogens with one attached hydrogen (secondary N) is 2. The number of carbonyl (C=O) groups is 3. The summed E-state index contributed by atoms with van der Waals surface area (Å²) in [6, 6.07) is 10.2. The first kappa shape index (κ1) is 30.6. The molecule has 2 N–H and O–H groups in total. The van der Waals surface area contributed by atoms with Gasteiger partial charge in [0.2, 0.25) is 0 Å². The summed E-state index contributed by atoms with van der Waals surface area (Å²) in [4.78, 5) is 50.0. The van der Waals surface area contributed by atoms with E-state index < -0.39 is 17.8 Å². The number of ether oxygens (including phenoxy) is 4. The smallest absolute Gasteiger partial charge is 0.361 e. The van der Waals surface area contributed by atoms with Crippen molar-refractivity contribution in [2.45, 2.75) is 13.8 Å². The maximum absolute atomic E-state index is 15.5. The first-order valence-corrected chi connectivity index (χ1v) is 14.3. The van der Waals surface area contributed by atoms with Gasteiger partial charge >= 0.3 is 12.0 Å². The van der Waals surface area contributed by atoms with Crippen LogP contribution in [0, 0.1) is 5.82 Å². The molecule has 2 aliphatic rings. The monoisotopic (exact) mass is 608 g/mol. The van der Waals surface area contributed by atoms with Crippen LogP contribution in [-0.4, -0.2) is 87.2 Å². The third-order valence-corrected chi connectivity index (χ3v) is 6.81. The third kappa shape index (κ3) is 7.03. The number of hydrogen-bond donors (Lipinski definition) is 2. The van der Waals surface area contributed by atoms with Crippen molar-refractivity contribution in [1.29, 1.82) is 0 Å². The number of morpholine rings is 2. The lowest BCUT2D eigenvalue weighted by Gasteiger charge is -2.29. The highest BCUT2D eigenvalue weighted by molar-refractivity contribution is 6.00. The number of anilines is 4. The molecule has 1 aromatic heterocycles. The number of halogens is 1. The van der Waals surface area contributed by atoms with Crippen LogP contribution >= 0.6 is 0 Å². The fraction of sp³-hybridized carbons (Fsp3) is 0.367. The summed E-state index contributed by atoms with van der Waals surface area (Å²) in [6.07, 6.45) is 0. The van der Waals surface area contributed by atoms with Crippen molar-refractivity contribution in [2.24, 2.45) is 0 Å². The number of rotatable bonds is 9. The van der Waals surface area contributed by atoms with Gasteiger partial charge in [0.15, 0.2) is 23.1 Å². The first-order valence-electron chi connectivity index (χ1n) is 14.3. The van der Waals surface area contributed by atoms with E-state index in [-0.39, 0.29) is 54.2 Å². The Kier molecular flexibility index (Phi) is 9.82.